The Balaban J connectivity index is 1.80. The summed E-state index contributed by atoms with van der Waals surface area (Å²) in [4.78, 5) is 11.9. The zero-order valence-electron chi connectivity index (χ0n) is 10.8. The van der Waals surface area contributed by atoms with Crippen LogP contribution in [0.4, 0.5) is 8.78 Å². The first kappa shape index (κ1) is 13.2. The van der Waals surface area contributed by atoms with E-state index >= 15 is 0 Å². The number of amides is 1. The minimum atomic E-state index is -0.904. The predicted octanol–water partition coefficient (Wildman–Crippen LogP) is 1.94. The summed E-state index contributed by atoms with van der Waals surface area (Å²) in [6, 6.07) is 8.62. The fraction of sp³-hybridized carbons (Fsp3) is 0.0714. The Bertz CT molecular complexity index is 795. The maximum absolute atomic E-state index is 13.5. The van der Waals surface area contributed by atoms with Crippen LogP contribution in [0.1, 0.15) is 16.2 Å². The summed E-state index contributed by atoms with van der Waals surface area (Å²) in [6.45, 7) is 0.0117. The van der Waals surface area contributed by atoms with Crippen LogP contribution in [0.15, 0.2) is 42.6 Å². The molecule has 1 N–H and O–H groups in total. The van der Waals surface area contributed by atoms with Gasteiger partial charge >= 0.3 is 0 Å². The maximum atomic E-state index is 13.5. The molecule has 0 saturated carbocycles. The quantitative estimate of drug-likeness (QED) is 0.801. The van der Waals surface area contributed by atoms with E-state index in [2.05, 4.69) is 15.5 Å². The highest BCUT2D eigenvalue weighted by Gasteiger charge is 2.17. The molecule has 1 aromatic carbocycles. The minimum absolute atomic E-state index is 0.0117. The first-order valence-corrected chi connectivity index (χ1v) is 6.17. The highest BCUT2D eigenvalue weighted by molar-refractivity contribution is 5.94. The highest BCUT2D eigenvalue weighted by atomic mass is 19.1. The molecule has 106 valence electrons. The molecular formula is C14H10F2N4O. The molecular weight excluding hydrogens is 278 g/mol. The summed E-state index contributed by atoms with van der Waals surface area (Å²) >= 11 is 0. The summed E-state index contributed by atoms with van der Waals surface area (Å²) in [5.74, 6) is -2.17. The van der Waals surface area contributed by atoms with E-state index in [1.807, 2.05) is 0 Å². The standard InChI is InChI=1S/C14H10F2N4O/c15-9-4-3-5-10(16)13(9)14(21)17-8-12-19-18-11-6-1-2-7-20(11)12/h1-7H,8H2,(H,17,21). The lowest BCUT2D eigenvalue weighted by atomic mass is 10.2. The van der Waals surface area contributed by atoms with Gasteiger partial charge in [0.2, 0.25) is 0 Å². The van der Waals surface area contributed by atoms with E-state index in [9.17, 15) is 13.6 Å². The van der Waals surface area contributed by atoms with Crippen molar-refractivity contribution in [2.24, 2.45) is 0 Å². The minimum Gasteiger partial charge on any atom is -0.345 e. The zero-order chi connectivity index (χ0) is 14.8. The van der Waals surface area contributed by atoms with Crippen molar-refractivity contribution in [1.29, 1.82) is 0 Å². The number of carbonyl (C=O) groups is 1. The second kappa shape index (κ2) is 5.28. The van der Waals surface area contributed by atoms with Crippen LogP contribution in [0.25, 0.3) is 5.65 Å². The molecule has 0 aliphatic carbocycles. The third kappa shape index (κ3) is 2.45. The Morgan fingerprint density at radius 3 is 2.62 bits per heavy atom. The van der Waals surface area contributed by atoms with Crippen molar-refractivity contribution in [1.82, 2.24) is 19.9 Å². The molecule has 0 aliphatic heterocycles. The summed E-state index contributed by atoms with van der Waals surface area (Å²) in [5.41, 5.74) is 0.0187. The van der Waals surface area contributed by atoms with Crippen molar-refractivity contribution in [3.8, 4) is 0 Å². The molecule has 3 aromatic rings. The molecule has 0 unspecified atom stereocenters. The number of benzene rings is 1. The molecule has 0 spiro atoms. The van der Waals surface area contributed by atoms with Gasteiger partial charge in [-0.1, -0.05) is 12.1 Å². The van der Waals surface area contributed by atoms with Crippen LogP contribution in [0.3, 0.4) is 0 Å². The van der Waals surface area contributed by atoms with Gasteiger partial charge in [-0.2, -0.15) is 0 Å². The van der Waals surface area contributed by atoms with Crippen molar-refractivity contribution < 1.29 is 13.6 Å². The van der Waals surface area contributed by atoms with Gasteiger partial charge in [-0.05, 0) is 24.3 Å². The maximum Gasteiger partial charge on any atom is 0.257 e. The Morgan fingerprint density at radius 2 is 1.86 bits per heavy atom. The van der Waals surface area contributed by atoms with E-state index < -0.39 is 23.1 Å². The molecule has 2 heterocycles. The molecule has 2 aromatic heterocycles. The van der Waals surface area contributed by atoms with Gasteiger partial charge in [0.25, 0.3) is 5.91 Å². The molecule has 5 nitrogen and oxygen atoms in total. The number of hydrogen-bond acceptors (Lipinski definition) is 3. The SMILES string of the molecule is O=C(NCc1nnc2ccccn12)c1c(F)cccc1F. The second-order valence-corrected chi connectivity index (χ2v) is 4.32. The van der Waals surface area contributed by atoms with Crippen molar-refractivity contribution in [3.05, 3.63) is 65.6 Å². The number of rotatable bonds is 3. The topological polar surface area (TPSA) is 59.3 Å². The number of aromatic nitrogens is 3. The first-order valence-electron chi connectivity index (χ1n) is 6.17. The van der Waals surface area contributed by atoms with E-state index in [0.717, 1.165) is 12.1 Å². The second-order valence-electron chi connectivity index (χ2n) is 4.32. The van der Waals surface area contributed by atoms with E-state index in [-0.39, 0.29) is 6.54 Å². The molecule has 1 amide bonds. The number of nitrogens with zero attached hydrogens (tertiary/aromatic N) is 3. The Labute approximate surface area is 118 Å². The lowest BCUT2D eigenvalue weighted by molar-refractivity contribution is 0.0941. The predicted molar refractivity (Wildman–Crippen MR) is 70.5 cm³/mol. The molecule has 0 fully saturated rings. The van der Waals surface area contributed by atoms with E-state index in [0.29, 0.717) is 11.5 Å². The monoisotopic (exact) mass is 288 g/mol. The van der Waals surface area contributed by atoms with Crippen molar-refractivity contribution in [2.75, 3.05) is 0 Å². The fourth-order valence-electron chi connectivity index (χ4n) is 1.97. The molecule has 0 bridgehead atoms. The smallest absolute Gasteiger partial charge is 0.257 e. The number of fused-ring (bicyclic) bond motifs is 1. The van der Waals surface area contributed by atoms with Gasteiger partial charge in [-0.3, -0.25) is 9.20 Å². The Kier molecular flexibility index (Phi) is 3.31. The van der Waals surface area contributed by atoms with Crippen LogP contribution in [0.5, 0.6) is 0 Å². The zero-order valence-corrected chi connectivity index (χ0v) is 10.8. The molecule has 0 saturated heterocycles. The third-order valence-corrected chi connectivity index (χ3v) is 2.98. The van der Waals surface area contributed by atoms with Crippen LogP contribution >= 0.6 is 0 Å². The fourth-order valence-corrected chi connectivity index (χ4v) is 1.97. The van der Waals surface area contributed by atoms with Crippen LogP contribution in [0, 0.1) is 11.6 Å². The molecule has 0 radical (unpaired) electrons. The van der Waals surface area contributed by atoms with Crippen LogP contribution < -0.4 is 5.32 Å². The lowest BCUT2D eigenvalue weighted by Crippen LogP contribution is -2.26. The van der Waals surface area contributed by atoms with Crippen molar-refractivity contribution >= 4 is 11.6 Å². The van der Waals surface area contributed by atoms with Gasteiger partial charge in [0, 0.05) is 6.20 Å². The number of halogens is 2. The molecule has 21 heavy (non-hydrogen) atoms. The van der Waals surface area contributed by atoms with E-state index in [1.54, 1.807) is 28.8 Å². The lowest BCUT2D eigenvalue weighted by Gasteiger charge is -2.06. The largest absolute Gasteiger partial charge is 0.345 e. The Hall–Kier alpha value is -2.83. The first-order chi connectivity index (χ1) is 10.2. The number of nitrogens with one attached hydrogen (secondary N) is 1. The number of hydrogen-bond donors (Lipinski definition) is 1. The van der Waals surface area contributed by atoms with Crippen LogP contribution in [-0.4, -0.2) is 20.5 Å². The highest BCUT2D eigenvalue weighted by Crippen LogP contribution is 2.12. The summed E-state index contributed by atoms with van der Waals surface area (Å²) in [5, 5.41) is 10.3. The van der Waals surface area contributed by atoms with Gasteiger partial charge in [0.1, 0.15) is 17.2 Å². The van der Waals surface area contributed by atoms with E-state index in [1.165, 1.54) is 6.07 Å². The number of carbonyl (C=O) groups excluding carboxylic acids is 1. The average Bonchev–Trinajstić information content (AvgIpc) is 2.88. The van der Waals surface area contributed by atoms with Crippen molar-refractivity contribution in [2.45, 2.75) is 6.54 Å². The molecule has 0 atom stereocenters. The van der Waals surface area contributed by atoms with Gasteiger partial charge in [0.05, 0.1) is 6.54 Å². The molecule has 7 heteroatoms. The van der Waals surface area contributed by atoms with Crippen LogP contribution in [0.2, 0.25) is 0 Å². The van der Waals surface area contributed by atoms with Crippen molar-refractivity contribution in [3.63, 3.8) is 0 Å². The normalized spacial score (nSPS) is 10.8. The molecule has 3 rings (SSSR count). The van der Waals surface area contributed by atoms with Gasteiger partial charge in [-0.25, -0.2) is 8.78 Å². The summed E-state index contributed by atoms with van der Waals surface area (Å²) in [7, 11) is 0. The Morgan fingerprint density at radius 1 is 1.10 bits per heavy atom. The summed E-state index contributed by atoms with van der Waals surface area (Å²) in [6.07, 6.45) is 1.74. The van der Waals surface area contributed by atoms with Gasteiger partial charge < -0.3 is 5.32 Å². The molecule has 0 aliphatic rings. The third-order valence-electron chi connectivity index (χ3n) is 2.98. The summed E-state index contributed by atoms with van der Waals surface area (Å²) < 4.78 is 28.6. The number of pyridine rings is 1. The van der Waals surface area contributed by atoms with Gasteiger partial charge in [0.15, 0.2) is 11.5 Å². The van der Waals surface area contributed by atoms with E-state index in [4.69, 9.17) is 0 Å². The average molecular weight is 288 g/mol. The van der Waals surface area contributed by atoms with Gasteiger partial charge in [-0.15, -0.1) is 10.2 Å². The van der Waals surface area contributed by atoms with Crippen LogP contribution in [-0.2, 0) is 6.54 Å².